The highest BCUT2D eigenvalue weighted by atomic mass is 35.5. The Morgan fingerprint density at radius 3 is 2.65 bits per heavy atom. The normalized spacial score (nSPS) is 11.7. The summed E-state index contributed by atoms with van der Waals surface area (Å²) >= 11 is 5.99. The summed E-state index contributed by atoms with van der Waals surface area (Å²) in [7, 11) is 0. The molecule has 0 aliphatic rings. The van der Waals surface area contributed by atoms with E-state index in [-0.39, 0.29) is 17.7 Å². The van der Waals surface area contributed by atoms with Crippen LogP contribution in [0, 0.1) is 10.1 Å². The molecule has 2 aromatic rings. The van der Waals surface area contributed by atoms with Crippen LogP contribution >= 0.6 is 11.6 Å². The Balaban J connectivity index is 2.34. The third kappa shape index (κ3) is 4.18. The molecule has 0 amide bonds. The maximum absolute atomic E-state index is 11.1. The molecular weight excluding hydrogens is 324 g/mol. The van der Waals surface area contributed by atoms with E-state index in [9.17, 15) is 14.9 Å². The van der Waals surface area contributed by atoms with E-state index in [1.165, 1.54) is 18.2 Å². The van der Waals surface area contributed by atoms with Gasteiger partial charge in [0.25, 0.3) is 5.69 Å². The monoisotopic (exact) mass is 336 g/mol. The largest absolute Gasteiger partial charge is 0.480 e. The molecule has 1 atom stereocenters. The van der Waals surface area contributed by atoms with Crippen molar-refractivity contribution in [2.45, 2.75) is 12.5 Å². The number of nitrogens with two attached hydrogens (primary N) is 1. The Labute approximate surface area is 136 Å². The van der Waals surface area contributed by atoms with E-state index in [4.69, 9.17) is 27.2 Å². The Kier molecular flexibility index (Phi) is 5.15. The molecule has 120 valence electrons. The van der Waals surface area contributed by atoms with Gasteiger partial charge in [0.15, 0.2) is 0 Å². The van der Waals surface area contributed by atoms with Crippen molar-refractivity contribution in [1.82, 2.24) is 0 Å². The molecular formula is C15H13ClN2O5. The highest BCUT2D eigenvalue weighted by Gasteiger charge is 2.21. The number of para-hydroxylation sites is 1. The number of nitrogens with zero attached hydrogens (tertiary/aromatic N) is 1. The minimum Gasteiger partial charge on any atom is -0.480 e. The first-order valence-electron chi connectivity index (χ1n) is 6.56. The van der Waals surface area contributed by atoms with Crippen molar-refractivity contribution in [3.63, 3.8) is 0 Å². The van der Waals surface area contributed by atoms with Crippen molar-refractivity contribution in [2.24, 2.45) is 5.73 Å². The number of hydrogen-bond donors (Lipinski definition) is 2. The molecule has 0 aliphatic carbocycles. The zero-order valence-corrected chi connectivity index (χ0v) is 12.6. The van der Waals surface area contributed by atoms with Crippen molar-refractivity contribution in [1.29, 1.82) is 0 Å². The van der Waals surface area contributed by atoms with Gasteiger partial charge in [0.2, 0.25) is 0 Å². The lowest BCUT2D eigenvalue weighted by Crippen LogP contribution is -2.32. The molecule has 23 heavy (non-hydrogen) atoms. The molecule has 0 spiro atoms. The molecule has 7 nitrogen and oxygen atoms in total. The Hall–Kier alpha value is -2.64. The van der Waals surface area contributed by atoms with Crippen LogP contribution in [0.5, 0.6) is 11.5 Å². The lowest BCUT2D eigenvalue weighted by atomic mass is 10.0. The molecule has 0 aromatic heterocycles. The summed E-state index contributed by atoms with van der Waals surface area (Å²) in [6.45, 7) is 0. The van der Waals surface area contributed by atoms with Crippen LogP contribution < -0.4 is 10.5 Å². The van der Waals surface area contributed by atoms with Crippen LogP contribution in [0.4, 0.5) is 5.69 Å². The Morgan fingerprint density at radius 1 is 1.35 bits per heavy atom. The van der Waals surface area contributed by atoms with Crippen LogP contribution in [0.15, 0.2) is 42.5 Å². The quantitative estimate of drug-likeness (QED) is 0.618. The fraction of sp³-hybridized carbons (Fsp3) is 0.133. The summed E-state index contributed by atoms with van der Waals surface area (Å²) in [6, 6.07) is 9.56. The van der Waals surface area contributed by atoms with Crippen molar-refractivity contribution in [3.05, 3.63) is 63.2 Å². The number of carboxylic acids is 1. The highest BCUT2D eigenvalue weighted by Crippen LogP contribution is 2.32. The predicted octanol–water partition coefficient (Wildman–Crippen LogP) is 2.99. The number of halogens is 1. The standard InChI is InChI=1S/C15H13ClN2O5/c16-11-3-1-2-4-14(11)23-10-5-6-13(18(21)22)9(7-10)8-12(17)15(19)20/h1-7,12H,8,17H2,(H,19,20). The van der Waals surface area contributed by atoms with E-state index < -0.39 is 16.9 Å². The summed E-state index contributed by atoms with van der Waals surface area (Å²) in [5.41, 5.74) is 5.42. The Morgan fingerprint density at radius 2 is 2.04 bits per heavy atom. The second-order valence-corrected chi connectivity index (χ2v) is 5.14. The average Bonchev–Trinajstić information content (AvgIpc) is 2.49. The van der Waals surface area contributed by atoms with Gasteiger partial charge in [-0.05, 0) is 24.3 Å². The number of benzene rings is 2. The van der Waals surface area contributed by atoms with Crippen LogP contribution in [0.3, 0.4) is 0 Å². The predicted molar refractivity (Wildman–Crippen MR) is 83.9 cm³/mol. The number of hydrogen-bond acceptors (Lipinski definition) is 5. The lowest BCUT2D eigenvalue weighted by molar-refractivity contribution is -0.385. The van der Waals surface area contributed by atoms with Gasteiger partial charge in [-0.25, -0.2) is 0 Å². The number of nitro benzene ring substituents is 1. The van der Waals surface area contributed by atoms with Gasteiger partial charge in [0.05, 0.1) is 9.95 Å². The summed E-state index contributed by atoms with van der Waals surface area (Å²) in [6.07, 6.45) is -0.189. The number of carboxylic acid groups (broad SMARTS) is 1. The van der Waals surface area contributed by atoms with Crippen LogP contribution in [-0.2, 0) is 11.2 Å². The van der Waals surface area contributed by atoms with Gasteiger partial charge in [0.1, 0.15) is 17.5 Å². The van der Waals surface area contributed by atoms with E-state index in [0.29, 0.717) is 16.5 Å². The second kappa shape index (κ2) is 7.08. The Bertz CT molecular complexity index is 750. The molecule has 0 bridgehead atoms. The topological polar surface area (TPSA) is 116 Å². The third-order valence-electron chi connectivity index (χ3n) is 3.07. The smallest absolute Gasteiger partial charge is 0.320 e. The maximum Gasteiger partial charge on any atom is 0.320 e. The summed E-state index contributed by atoms with van der Waals surface area (Å²) in [4.78, 5) is 21.3. The van der Waals surface area contributed by atoms with Gasteiger partial charge in [-0.1, -0.05) is 23.7 Å². The van der Waals surface area contributed by atoms with E-state index in [0.717, 1.165) is 0 Å². The van der Waals surface area contributed by atoms with Gasteiger partial charge >= 0.3 is 5.97 Å². The second-order valence-electron chi connectivity index (χ2n) is 4.73. The van der Waals surface area contributed by atoms with Crippen molar-refractivity contribution in [3.8, 4) is 11.5 Å². The molecule has 2 rings (SSSR count). The van der Waals surface area contributed by atoms with Gasteiger partial charge < -0.3 is 15.6 Å². The van der Waals surface area contributed by atoms with Gasteiger partial charge in [-0.3, -0.25) is 14.9 Å². The molecule has 0 aliphatic heterocycles. The van der Waals surface area contributed by atoms with E-state index in [1.807, 2.05) is 0 Å². The molecule has 8 heteroatoms. The van der Waals surface area contributed by atoms with Crippen molar-refractivity contribution in [2.75, 3.05) is 0 Å². The van der Waals surface area contributed by atoms with Gasteiger partial charge in [-0.2, -0.15) is 0 Å². The molecule has 2 aromatic carbocycles. The molecule has 0 heterocycles. The fourth-order valence-corrected chi connectivity index (χ4v) is 2.12. The van der Waals surface area contributed by atoms with Gasteiger partial charge in [-0.15, -0.1) is 0 Å². The zero-order chi connectivity index (χ0) is 17.0. The molecule has 1 unspecified atom stereocenters. The molecule has 0 saturated heterocycles. The average molecular weight is 337 g/mol. The van der Waals surface area contributed by atoms with Crippen molar-refractivity contribution >= 4 is 23.3 Å². The first-order valence-corrected chi connectivity index (χ1v) is 6.94. The number of rotatable bonds is 6. The number of nitro groups is 1. The molecule has 0 radical (unpaired) electrons. The third-order valence-corrected chi connectivity index (χ3v) is 3.38. The lowest BCUT2D eigenvalue weighted by Gasteiger charge is -2.11. The summed E-state index contributed by atoms with van der Waals surface area (Å²) in [5, 5.41) is 20.3. The highest BCUT2D eigenvalue weighted by molar-refractivity contribution is 6.32. The minimum absolute atomic E-state index is 0.175. The molecule has 3 N–H and O–H groups in total. The molecule has 0 fully saturated rings. The van der Waals surface area contributed by atoms with E-state index >= 15 is 0 Å². The van der Waals surface area contributed by atoms with Crippen LogP contribution in [0.2, 0.25) is 5.02 Å². The minimum atomic E-state index is -1.25. The fourth-order valence-electron chi connectivity index (χ4n) is 1.95. The summed E-state index contributed by atoms with van der Waals surface area (Å²) in [5.74, 6) is -0.551. The van der Waals surface area contributed by atoms with Gasteiger partial charge in [0, 0.05) is 18.1 Å². The van der Waals surface area contributed by atoms with Crippen LogP contribution in [-0.4, -0.2) is 22.0 Å². The van der Waals surface area contributed by atoms with Crippen molar-refractivity contribution < 1.29 is 19.6 Å². The first kappa shape index (κ1) is 16.7. The first-order chi connectivity index (χ1) is 10.9. The SMILES string of the molecule is NC(Cc1cc(Oc2ccccc2Cl)ccc1[N+](=O)[O-])C(=O)O. The van der Waals surface area contributed by atoms with Crippen LogP contribution in [0.25, 0.3) is 0 Å². The maximum atomic E-state index is 11.1. The molecule has 0 saturated carbocycles. The summed E-state index contributed by atoms with van der Waals surface area (Å²) < 4.78 is 5.58. The van der Waals surface area contributed by atoms with E-state index in [2.05, 4.69) is 0 Å². The number of carbonyl (C=O) groups is 1. The van der Waals surface area contributed by atoms with E-state index in [1.54, 1.807) is 24.3 Å². The zero-order valence-electron chi connectivity index (χ0n) is 11.8. The van der Waals surface area contributed by atoms with Crippen LogP contribution in [0.1, 0.15) is 5.56 Å². The number of aliphatic carboxylic acids is 1. The number of ether oxygens (including phenoxy) is 1.